The molecule has 1 aromatic carbocycles. The summed E-state index contributed by atoms with van der Waals surface area (Å²) in [7, 11) is 0. The zero-order chi connectivity index (χ0) is 13.5. The monoisotopic (exact) mass is 313 g/mol. The van der Waals surface area contributed by atoms with Crippen LogP contribution in [0.5, 0.6) is 5.75 Å². The number of benzene rings is 1. The van der Waals surface area contributed by atoms with Crippen molar-refractivity contribution in [2.75, 3.05) is 6.54 Å². The number of carbonyl (C=O) groups excluding carboxylic acids is 1. The molecule has 18 heavy (non-hydrogen) atoms. The largest absolute Gasteiger partial charge is 0.478 e. The van der Waals surface area contributed by atoms with Gasteiger partial charge in [0.25, 0.3) is 0 Å². The maximum atomic E-state index is 11.4. The molecule has 2 N–H and O–H groups in total. The van der Waals surface area contributed by atoms with Crippen molar-refractivity contribution in [2.24, 2.45) is 0 Å². The van der Waals surface area contributed by atoms with Crippen LogP contribution in [-0.4, -0.2) is 23.7 Å². The van der Waals surface area contributed by atoms with Gasteiger partial charge in [0.05, 0.1) is 4.47 Å². The molecule has 0 aliphatic carbocycles. The van der Waals surface area contributed by atoms with Gasteiger partial charge in [0.2, 0.25) is 0 Å². The van der Waals surface area contributed by atoms with Gasteiger partial charge in [-0.3, -0.25) is 0 Å². The molecule has 6 heteroatoms. The van der Waals surface area contributed by atoms with Crippen LogP contribution in [0.3, 0.4) is 0 Å². The minimum atomic E-state index is -1.07. The number of carbonyl (C=O) groups is 2. The van der Waals surface area contributed by atoms with Gasteiger partial charge in [0, 0.05) is 12.1 Å². The maximum absolute atomic E-state index is 11.4. The van der Waals surface area contributed by atoms with E-state index >= 15 is 0 Å². The van der Waals surface area contributed by atoms with Crippen molar-refractivity contribution in [3.05, 3.63) is 40.9 Å². The highest BCUT2D eigenvalue weighted by molar-refractivity contribution is 9.10. The first-order valence-corrected chi connectivity index (χ1v) is 5.91. The van der Waals surface area contributed by atoms with E-state index in [1.807, 2.05) is 0 Å². The second-order valence-electron chi connectivity index (χ2n) is 3.41. The number of ether oxygens (including phenoxy) is 1. The smallest absolute Gasteiger partial charge is 0.412 e. The Morgan fingerprint density at radius 2 is 2.06 bits per heavy atom. The molecule has 0 saturated carbocycles. The molecule has 0 spiro atoms. The highest BCUT2D eigenvalue weighted by Gasteiger charge is 2.08. The van der Waals surface area contributed by atoms with E-state index in [-0.39, 0.29) is 18.5 Å². The lowest BCUT2D eigenvalue weighted by molar-refractivity contribution is -0.132. The molecule has 0 aromatic heterocycles. The summed E-state index contributed by atoms with van der Waals surface area (Å²) < 4.78 is 5.68. The summed E-state index contributed by atoms with van der Waals surface area (Å²) in [6.45, 7) is 3.51. The van der Waals surface area contributed by atoms with Gasteiger partial charge in [-0.15, -0.1) is 0 Å². The Hall–Kier alpha value is -1.82. The number of hydrogen-bond donors (Lipinski definition) is 2. The molecule has 1 aromatic rings. The fourth-order valence-electron chi connectivity index (χ4n) is 1.09. The van der Waals surface area contributed by atoms with Crippen molar-refractivity contribution in [1.82, 2.24) is 5.32 Å². The summed E-state index contributed by atoms with van der Waals surface area (Å²) in [5.41, 5.74) is 0.0381. The lowest BCUT2D eigenvalue weighted by atomic mass is 10.2. The zero-order valence-electron chi connectivity index (χ0n) is 9.48. The second kappa shape index (κ2) is 6.80. The molecule has 1 rings (SSSR count). The zero-order valence-corrected chi connectivity index (χ0v) is 11.1. The number of aliphatic carboxylic acids is 1. The first-order valence-electron chi connectivity index (χ1n) is 5.12. The Balaban J connectivity index is 2.37. The molecule has 0 radical (unpaired) electrons. The Morgan fingerprint density at radius 1 is 1.39 bits per heavy atom. The first kappa shape index (κ1) is 14.2. The van der Waals surface area contributed by atoms with Crippen LogP contribution in [0.25, 0.3) is 0 Å². The number of hydrogen-bond acceptors (Lipinski definition) is 3. The van der Waals surface area contributed by atoms with Crippen LogP contribution >= 0.6 is 15.9 Å². The molecule has 5 nitrogen and oxygen atoms in total. The molecule has 0 heterocycles. The Bertz CT molecular complexity index is 473. The van der Waals surface area contributed by atoms with Gasteiger partial charge < -0.3 is 15.2 Å². The van der Waals surface area contributed by atoms with Gasteiger partial charge >= 0.3 is 12.1 Å². The van der Waals surface area contributed by atoms with Gasteiger partial charge in [0.1, 0.15) is 5.75 Å². The molecule has 0 fully saturated rings. The Kier molecular flexibility index (Phi) is 5.38. The fourth-order valence-corrected chi connectivity index (χ4v) is 1.45. The van der Waals surface area contributed by atoms with Crippen LogP contribution in [-0.2, 0) is 4.79 Å². The molecular weight excluding hydrogens is 302 g/mol. The third-order valence-corrected chi connectivity index (χ3v) is 2.69. The molecule has 0 unspecified atom stereocenters. The second-order valence-corrected chi connectivity index (χ2v) is 4.26. The van der Waals surface area contributed by atoms with E-state index in [9.17, 15) is 9.59 Å². The van der Waals surface area contributed by atoms with E-state index in [0.29, 0.717) is 10.2 Å². The number of carboxylic acid groups (broad SMARTS) is 1. The average Bonchev–Trinajstić information content (AvgIpc) is 2.32. The predicted molar refractivity (Wildman–Crippen MR) is 69.6 cm³/mol. The van der Waals surface area contributed by atoms with E-state index in [0.717, 1.165) is 0 Å². The number of rotatable bonds is 5. The predicted octanol–water partition coefficient (Wildman–Crippen LogP) is 2.57. The van der Waals surface area contributed by atoms with Gasteiger partial charge in [0.15, 0.2) is 0 Å². The molecule has 0 saturated heterocycles. The lowest BCUT2D eigenvalue weighted by Crippen LogP contribution is -2.28. The minimum Gasteiger partial charge on any atom is -0.478 e. The highest BCUT2D eigenvalue weighted by atomic mass is 79.9. The van der Waals surface area contributed by atoms with Crippen LogP contribution in [0.2, 0.25) is 0 Å². The molecule has 1 amide bonds. The summed E-state index contributed by atoms with van der Waals surface area (Å²) in [6.07, 6.45) is -0.472. The van der Waals surface area contributed by atoms with Crippen molar-refractivity contribution in [2.45, 2.75) is 6.42 Å². The number of halogens is 1. The van der Waals surface area contributed by atoms with Crippen molar-refractivity contribution in [3.63, 3.8) is 0 Å². The van der Waals surface area contributed by atoms with E-state index in [1.165, 1.54) is 0 Å². The van der Waals surface area contributed by atoms with E-state index in [2.05, 4.69) is 27.8 Å². The molecule has 0 aliphatic rings. The van der Waals surface area contributed by atoms with Gasteiger partial charge in [-0.2, -0.15) is 0 Å². The van der Waals surface area contributed by atoms with Crippen LogP contribution < -0.4 is 10.1 Å². The van der Waals surface area contributed by atoms with E-state index in [1.54, 1.807) is 24.3 Å². The van der Waals surface area contributed by atoms with Gasteiger partial charge in [-0.25, -0.2) is 9.59 Å². The summed E-state index contributed by atoms with van der Waals surface area (Å²) in [6, 6.07) is 6.92. The quantitative estimate of drug-likeness (QED) is 0.819. The topological polar surface area (TPSA) is 75.6 Å². The van der Waals surface area contributed by atoms with E-state index in [4.69, 9.17) is 9.84 Å². The van der Waals surface area contributed by atoms with Gasteiger partial charge in [-0.1, -0.05) is 18.7 Å². The number of nitrogens with one attached hydrogen (secondary N) is 1. The Morgan fingerprint density at radius 3 is 2.67 bits per heavy atom. The summed E-state index contributed by atoms with van der Waals surface area (Å²) in [4.78, 5) is 21.8. The first-order chi connectivity index (χ1) is 8.50. The van der Waals surface area contributed by atoms with Crippen LogP contribution in [0, 0.1) is 0 Å². The van der Waals surface area contributed by atoms with Crippen molar-refractivity contribution in [3.8, 4) is 5.75 Å². The summed E-state index contributed by atoms with van der Waals surface area (Å²) in [5, 5.41) is 11.0. The SMILES string of the molecule is C=C(CCNC(=O)Oc1ccccc1Br)C(=O)O. The normalized spacial score (nSPS) is 9.61. The average molecular weight is 314 g/mol. The summed E-state index contributed by atoms with van der Waals surface area (Å²) >= 11 is 3.24. The van der Waals surface area contributed by atoms with Crippen LogP contribution in [0.4, 0.5) is 4.79 Å². The van der Waals surface area contributed by atoms with Crippen molar-refractivity contribution >= 4 is 28.0 Å². The van der Waals surface area contributed by atoms with E-state index < -0.39 is 12.1 Å². The molecule has 0 bridgehead atoms. The van der Waals surface area contributed by atoms with Crippen molar-refractivity contribution < 1.29 is 19.4 Å². The van der Waals surface area contributed by atoms with Gasteiger partial charge in [-0.05, 0) is 34.5 Å². The molecule has 0 atom stereocenters. The Labute approximate surface area is 113 Å². The highest BCUT2D eigenvalue weighted by Crippen LogP contribution is 2.23. The summed E-state index contributed by atoms with van der Waals surface area (Å²) in [5.74, 6) is -0.678. The lowest BCUT2D eigenvalue weighted by Gasteiger charge is -2.07. The number of carboxylic acids is 1. The standard InChI is InChI=1S/C12H12BrNO4/c1-8(11(15)16)6-7-14-12(17)18-10-5-3-2-4-9(10)13/h2-5H,1,6-7H2,(H,14,17)(H,15,16). The molecule has 0 aliphatic heterocycles. The number of amides is 1. The maximum Gasteiger partial charge on any atom is 0.412 e. The third-order valence-electron chi connectivity index (χ3n) is 2.04. The third kappa shape index (κ3) is 4.58. The minimum absolute atomic E-state index is 0.0381. The van der Waals surface area contributed by atoms with Crippen molar-refractivity contribution in [1.29, 1.82) is 0 Å². The van der Waals surface area contributed by atoms with Crippen LogP contribution in [0.1, 0.15) is 6.42 Å². The molecule has 96 valence electrons. The van der Waals surface area contributed by atoms with Crippen LogP contribution in [0.15, 0.2) is 40.9 Å². The molecular formula is C12H12BrNO4. The fraction of sp³-hybridized carbons (Fsp3) is 0.167. The number of para-hydroxylation sites is 1.